The number of likely N-dealkylation sites (tertiary alicyclic amines) is 1. The van der Waals surface area contributed by atoms with Crippen molar-refractivity contribution in [2.45, 2.75) is 19.3 Å². The van der Waals surface area contributed by atoms with Crippen molar-refractivity contribution >= 4 is 22.8 Å². The van der Waals surface area contributed by atoms with Crippen LogP contribution in [-0.2, 0) is 4.79 Å². The van der Waals surface area contributed by atoms with Crippen LogP contribution in [0.1, 0.15) is 29.6 Å². The SMILES string of the molecule is O=C(O)CC1CCCN(C(=O)c2ccc3cn[nH]c3c2)C1. The summed E-state index contributed by atoms with van der Waals surface area (Å²) in [5.41, 5.74) is 1.45. The number of benzene rings is 1. The number of carbonyl (C=O) groups excluding carboxylic acids is 1. The summed E-state index contributed by atoms with van der Waals surface area (Å²) < 4.78 is 0. The maximum Gasteiger partial charge on any atom is 0.303 e. The van der Waals surface area contributed by atoms with E-state index in [9.17, 15) is 9.59 Å². The van der Waals surface area contributed by atoms with E-state index in [1.165, 1.54) is 0 Å². The van der Waals surface area contributed by atoms with Gasteiger partial charge >= 0.3 is 5.97 Å². The molecule has 1 unspecified atom stereocenters. The molecule has 6 heteroatoms. The molecule has 0 radical (unpaired) electrons. The molecule has 0 saturated carbocycles. The first kappa shape index (κ1) is 13.6. The molecule has 1 amide bonds. The third-order valence-corrected chi connectivity index (χ3v) is 3.96. The lowest BCUT2D eigenvalue weighted by molar-refractivity contribution is -0.138. The lowest BCUT2D eigenvalue weighted by atomic mass is 9.94. The molecule has 0 aliphatic carbocycles. The average Bonchev–Trinajstić information content (AvgIpc) is 2.93. The van der Waals surface area contributed by atoms with E-state index in [-0.39, 0.29) is 18.2 Å². The Kier molecular flexibility index (Phi) is 3.60. The fraction of sp³-hybridized carbons (Fsp3) is 0.400. The minimum absolute atomic E-state index is 0.0402. The fourth-order valence-electron chi connectivity index (χ4n) is 2.92. The molecule has 1 fully saturated rings. The Morgan fingerprint density at radius 2 is 2.29 bits per heavy atom. The Hall–Kier alpha value is -2.37. The number of piperidine rings is 1. The number of hydrogen-bond acceptors (Lipinski definition) is 3. The van der Waals surface area contributed by atoms with Crippen LogP contribution < -0.4 is 0 Å². The van der Waals surface area contributed by atoms with Crippen LogP contribution in [0.5, 0.6) is 0 Å². The van der Waals surface area contributed by atoms with E-state index >= 15 is 0 Å². The summed E-state index contributed by atoms with van der Waals surface area (Å²) in [5, 5.41) is 16.7. The highest BCUT2D eigenvalue weighted by Gasteiger charge is 2.26. The second kappa shape index (κ2) is 5.55. The Morgan fingerprint density at radius 3 is 3.10 bits per heavy atom. The van der Waals surface area contributed by atoms with Gasteiger partial charge in [0.25, 0.3) is 5.91 Å². The number of rotatable bonds is 3. The van der Waals surface area contributed by atoms with Gasteiger partial charge in [-0.1, -0.05) is 6.07 Å². The number of amides is 1. The topological polar surface area (TPSA) is 86.3 Å². The summed E-state index contributed by atoms with van der Waals surface area (Å²) in [6.45, 7) is 1.21. The van der Waals surface area contributed by atoms with Gasteiger partial charge in [0.15, 0.2) is 0 Å². The number of aromatic nitrogens is 2. The number of nitrogens with zero attached hydrogens (tertiary/aromatic N) is 2. The van der Waals surface area contributed by atoms with Gasteiger partial charge in [-0.05, 0) is 30.9 Å². The van der Waals surface area contributed by atoms with Crippen LogP contribution >= 0.6 is 0 Å². The predicted octanol–water partition coefficient (Wildman–Crippen LogP) is 1.89. The molecular formula is C15H17N3O3. The van der Waals surface area contributed by atoms with Gasteiger partial charge in [0.05, 0.1) is 11.7 Å². The second-order valence-corrected chi connectivity index (χ2v) is 5.53. The zero-order chi connectivity index (χ0) is 14.8. The highest BCUT2D eigenvalue weighted by molar-refractivity contribution is 5.97. The molecule has 2 aromatic rings. The van der Waals surface area contributed by atoms with Crippen molar-refractivity contribution in [3.8, 4) is 0 Å². The summed E-state index contributed by atoms with van der Waals surface area (Å²) in [7, 11) is 0. The normalized spacial score (nSPS) is 18.9. The van der Waals surface area contributed by atoms with Crippen LogP contribution in [-0.4, -0.2) is 45.2 Å². The molecule has 1 aliphatic heterocycles. The first-order valence-electron chi connectivity index (χ1n) is 7.07. The van der Waals surface area contributed by atoms with E-state index < -0.39 is 5.97 Å². The van der Waals surface area contributed by atoms with Gasteiger partial charge in [0, 0.05) is 30.5 Å². The van der Waals surface area contributed by atoms with Crippen molar-refractivity contribution in [3.05, 3.63) is 30.0 Å². The molecule has 6 nitrogen and oxygen atoms in total. The largest absolute Gasteiger partial charge is 0.481 e. The number of H-pyrrole nitrogens is 1. The summed E-state index contributed by atoms with van der Waals surface area (Å²) in [4.78, 5) is 25.1. The van der Waals surface area contributed by atoms with Crippen molar-refractivity contribution in [2.75, 3.05) is 13.1 Å². The zero-order valence-corrected chi connectivity index (χ0v) is 11.6. The molecule has 1 aromatic heterocycles. The predicted molar refractivity (Wildman–Crippen MR) is 77.0 cm³/mol. The number of carboxylic acids is 1. The highest BCUT2D eigenvalue weighted by atomic mass is 16.4. The standard InChI is InChI=1S/C15H17N3O3/c19-14(20)6-10-2-1-5-18(9-10)15(21)11-3-4-12-8-16-17-13(12)7-11/h3-4,7-8,10H,1-2,5-6,9H2,(H,16,17)(H,19,20). The quantitative estimate of drug-likeness (QED) is 0.902. The first-order valence-corrected chi connectivity index (χ1v) is 7.07. The van der Waals surface area contributed by atoms with Crippen molar-refractivity contribution in [1.29, 1.82) is 0 Å². The summed E-state index contributed by atoms with van der Waals surface area (Å²) in [6, 6.07) is 5.46. The summed E-state index contributed by atoms with van der Waals surface area (Å²) >= 11 is 0. The molecule has 110 valence electrons. The maximum atomic E-state index is 12.5. The van der Waals surface area contributed by atoms with Crippen LogP contribution in [0.3, 0.4) is 0 Å². The Labute approximate surface area is 121 Å². The Morgan fingerprint density at radius 1 is 1.43 bits per heavy atom. The molecule has 1 aromatic carbocycles. The van der Waals surface area contributed by atoms with E-state index in [0.717, 1.165) is 23.7 Å². The van der Waals surface area contributed by atoms with Crippen LogP contribution in [0, 0.1) is 5.92 Å². The number of aromatic amines is 1. The molecule has 3 rings (SSSR count). The lowest BCUT2D eigenvalue weighted by Gasteiger charge is -2.32. The van der Waals surface area contributed by atoms with Gasteiger partial charge in [-0.15, -0.1) is 0 Å². The molecule has 1 saturated heterocycles. The highest BCUT2D eigenvalue weighted by Crippen LogP contribution is 2.22. The van der Waals surface area contributed by atoms with Gasteiger partial charge in [0.1, 0.15) is 0 Å². The number of carbonyl (C=O) groups is 2. The summed E-state index contributed by atoms with van der Waals surface area (Å²) in [5.74, 6) is -0.786. The smallest absolute Gasteiger partial charge is 0.303 e. The van der Waals surface area contributed by atoms with Crippen LogP contribution in [0.25, 0.3) is 10.9 Å². The number of hydrogen-bond donors (Lipinski definition) is 2. The van der Waals surface area contributed by atoms with E-state index in [1.54, 1.807) is 23.2 Å². The van der Waals surface area contributed by atoms with E-state index in [1.807, 2.05) is 6.07 Å². The average molecular weight is 287 g/mol. The zero-order valence-electron chi connectivity index (χ0n) is 11.6. The second-order valence-electron chi connectivity index (χ2n) is 5.53. The van der Waals surface area contributed by atoms with Gasteiger partial charge in [-0.3, -0.25) is 14.7 Å². The van der Waals surface area contributed by atoms with E-state index in [0.29, 0.717) is 18.7 Å². The van der Waals surface area contributed by atoms with Gasteiger partial charge < -0.3 is 10.0 Å². The number of nitrogens with one attached hydrogen (secondary N) is 1. The minimum Gasteiger partial charge on any atom is -0.481 e. The van der Waals surface area contributed by atoms with Crippen molar-refractivity contribution in [3.63, 3.8) is 0 Å². The molecule has 0 spiro atoms. The molecule has 21 heavy (non-hydrogen) atoms. The minimum atomic E-state index is -0.798. The van der Waals surface area contributed by atoms with Gasteiger partial charge in [0.2, 0.25) is 0 Å². The van der Waals surface area contributed by atoms with E-state index in [2.05, 4.69) is 10.2 Å². The maximum absolute atomic E-state index is 12.5. The number of fused-ring (bicyclic) bond motifs is 1. The molecule has 0 bridgehead atoms. The number of aliphatic carboxylic acids is 1. The van der Waals surface area contributed by atoms with Crippen LogP contribution in [0.15, 0.2) is 24.4 Å². The van der Waals surface area contributed by atoms with Crippen molar-refractivity contribution in [2.24, 2.45) is 5.92 Å². The third-order valence-electron chi connectivity index (χ3n) is 3.96. The Bertz CT molecular complexity index is 680. The van der Waals surface area contributed by atoms with Gasteiger partial charge in [-0.2, -0.15) is 5.10 Å². The molecule has 1 atom stereocenters. The van der Waals surface area contributed by atoms with E-state index in [4.69, 9.17) is 5.11 Å². The molecular weight excluding hydrogens is 270 g/mol. The molecule has 1 aliphatic rings. The number of carboxylic acid groups (broad SMARTS) is 1. The lowest BCUT2D eigenvalue weighted by Crippen LogP contribution is -2.40. The summed E-state index contributed by atoms with van der Waals surface area (Å²) in [6.07, 6.45) is 3.57. The molecule has 2 heterocycles. The van der Waals surface area contributed by atoms with Crippen LogP contribution in [0.2, 0.25) is 0 Å². The van der Waals surface area contributed by atoms with Crippen molar-refractivity contribution in [1.82, 2.24) is 15.1 Å². The third kappa shape index (κ3) is 2.89. The first-order chi connectivity index (χ1) is 10.1. The fourth-order valence-corrected chi connectivity index (χ4v) is 2.92. The van der Waals surface area contributed by atoms with Crippen LogP contribution in [0.4, 0.5) is 0 Å². The monoisotopic (exact) mass is 287 g/mol. The Balaban J connectivity index is 1.75. The molecule has 2 N–H and O–H groups in total. The van der Waals surface area contributed by atoms with Gasteiger partial charge in [-0.25, -0.2) is 0 Å². The van der Waals surface area contributed by atoms with Crippen molar-refractivity contribution < 1.29 is 14.7 Å².